The fourth-order valence-corrected chi connectivity index (χ4v) is 2.69. The van der Waals surface area contributed by atoms with Crippen molar-refractivity contribution in [2.45, 2.75) is 51.1 Å². The lowest BCUT2D eigenvalue weighted by molar-refractivity contribution is 0.414. The third-order valence-electron chi connectivity index (χ3n) is 3.99. The number of aliphatic imine (C=N–C) groups is 1. The van der Waals surface area contributed by atoms with Gasteiger partial charge in [-0.25, -0.2) is 10.8 Å². The zero-order chi connectivity index (χ0) is 15.1. The molecule has 21 heavy (non-hydrogen) atoms. The SMILES string of the molecule is COc1ccc(C(C)NC(=NC2CCCCC2)NN)cc1. The second-order valence-electron chi connectivity index (χ2n) is 5.55. The molecule has 0 bridgehead atoms. The number of hydrogen-bond donors (Lipinski definition) is 3. The molecule has 5 heteroatoms. The largest absolute Gasteiger partial charge is 0.497 e. The number of nitrogens with zero attached hydrogens (tertiary/aromatic N) is 1. The molecule has 1 aliphatic carbocycles. The highest BCUT2D eigenvalue weighted by atomic mass is 16.5. The molecule has 2 rings (SSSR count). The Kier molecular flexibility index (Phi) is 5.87. The first-order chi connectivity index (χ1) is 10.2. The normalized spacial score (nSPS) is 18.1. The van der Waals surface area contributed by atoms with Gasteiger partial charge in [0.2, 0.25) is 5.96 Å². The fraction of sp³-hybridized carbons (Fsp3) is 0.562. The van der Waals surface area contributed by atoms with Crippen molar-refractivity contribution in [1.82, 2.24) is 10.7 Å². The molecule has 0 amide bonds. The Morgan fingerprint density at radius 2 is 1.90 bits per heavy atom. The van der Waals surface area contributed by atoms with Gasteiger partial charge in [0.05, 0.1) is 19.2 Å². The first-order valence-corrected chi connectivity index (χ1v) is 7.68. The van der Waals surface area contributed by atoms with Crippen molar-refractivity contribution in [3.63, 3.8) is 0 Å². The molecule has 1 aliphatic rings. The van der Waals surface area contributed by atoms with Crippen LogP contribution >= 0.6 is 0 Å². The summed E-state index contributed by atoms with van der Waals surface area (Å²) in [5.41, 5.74) is 3.86. The predicted octanol–water partition coefficient (Wildman–Crippen LogP) is 2.50. The number of methoxy groups -OCH3 is 1. The van der Waals surface area contributed by atoms with Crippen LogP contribution in [0.4, 0.5) is 0 Å². The maximum absolute atomic E-state index is 5.60. The van der Waals surface area contributed by atoms with Gasteiger partial charge >= 0.3 is 0 Å². The number of nitrogens with one attached hydrogen (secondary N) is 2. The van der Waals surface area contributed by atoms with Gasteiger partial charge in [0.1, 0.15) is 5.75 Å². The zero-order valence-corrected chi connectivity index (χ0v) is 12.9. The highest BCUT2D eigenvalue weighted by molar-refractivity contribution is 5.79. The van der Waals surface area contributed by atoms with Crippen LogP contribution < -0.4 is 21.3 Å². The van der Waals surface area contributed by atoms with Crippen molar-refractivity contribution >= 4 is 5.96 Å². The number of hydrazine groups is 1. The molecule has 1 atom stereocenters. The molecule has 0 aromatic heterocycles. The van der Waals surface area contributed by atoms with E-state index in [2.05, 4.69) is 17.7 Å². The molecule has 0 heterocycles. The number of ether oxygens (including phenoxy) is 1. The molecule has 1 unspecified atom stereocenters. The molecule has 5 nitrogen and oxygen atoms in total. The van der Waals surface area contributed by atoms with E-state index >= 15 is 0 Å². The number of rotatable bonds is 4. The lowest BCUT2D eigenvalue weighted by Crippen LogP contribution is -2.43. The summed E-state index contributed by atoms with van der Waals surface area (Å²) >= 11 is 0. The minimum absolute atomic E-state index is 0.134. The molecule has 0 radical (unpaired) electrons. The van der Waals surface area contributed by atoms with Crippen LogP contribution in [0.1, 0.15) is 50.6 Å². The summed E-state index contributed by atoms with van der Waals surface area (Å²) < 4.78 is 5.18. The Balaban J connectivity index is 1.97. The molecule has 1 saturated carbocycles. The third-order valence-corrected chi connectivity index (χ3v) is 3.99. The quantitative estimate of drug-likeness (QED) is 0.345. The maximum atomic E-state index is 5.60. The molecule has 116 valence electrons. The van der Waals surface area contributed by atoms with E-state index in [1.54, 1.807) is 7.11 Å². The smallest absolute Gasteiger partial charge is 0.206 e. The standard InChI is InChI=1S/C16H26N4O/c1-12(13-8-10-15(21-2)11-9-13)18-16(20-17)19-14-6-4-3-5-7-14/h8-12,14H,3-7,17H2,1-2H3,(H2,18,19,20). The van der Waals surface area contributed by atoms with E-state index in [0.29, 0.717) is 12.0 Å². The number of guanidine groups is 1. The number of hydrogen-bond acceptors (Lipinski definition) is 3. The average molecular weight is 290 g/mol. The molecule has 0 saturated heterocycles. The highest BCUT2D eigenvalue weighted by Gasteiger charge is 2.14. The summed E-state index contributed by atoms with van der Waals surface area (Å²) in [6.45, 7) is 2.09. The van der Waals surface area contributed by atoms with Gasteiger partial charge in [0, 0.05) is 0 Å². The summed E-state index contributed by atoms with van der Waals surface area (Å²) in [5.74, 6) is 7.13. The summed E-state index contributed by atoms with van der Waals surface area (Å²) in [4.78, 5) is 4.70. The summed E-state index contributed by atoms with van der Waals surface area (Å²) in [7, 11) is 1.67. The first-order valence-electron chi connectivity index (χ1n) is 7.68. The van der Waals surface area contributed by atoms with E-state index in [-0.39, 0.29) is 6.04 Å². The molecular formula is C16H26N4O. The van der Waals surface area contributed by atoms with E-state index < -0.39 is 0 Å². The monoisotopic (exact) mass is 290 g/mol. The molecule has 1 aromatic carbocycles. The third kappa shape index (κ3) is 4.63. The lowest BCUT2D eigenvalue weighted by atomic mass is 9.96. The highest BCUT2D eigenvalue weighted by Crippen LogP contribution is 2.21. The van der Waals surface area contributed by atoms with Gasteiger partial charge in [-0.1, -0.05) is 31.4 Å². The van der Waals surface area contributed by atoms with Crippen molar-refractivity contribution in [3.8, 4) is 5.75 Å². The summed E-state index contributed by atoms with van der Waals surface area (Å²) in [5, 5.41) is 3.34. The van der Waals surface area contributed by atoms with Crippen LogP contribution in [-0.4, -0.2) is 19.1 Å². The van der Waals surface area contributed by atoms with Gasteiger partial charge in [-0.15, -0.1) is 0 Å². The van der Waals surface area contributed by atoms with Crippen molar-refractivity contribution in [2.24, 2.45) is 10.8 Å². The maximum Gasteiger partial charge on any atom is 0.206 e. The summed E-state index contributed by atoms with van der Waals surface area (Å²) in [6, 6.07) is 8.54. The topological polar surface area (TPSA) is 71.7 Å². The van der Waals surface area contributed by atoms with E-state index in [0.717, 1.165) is 18.6 Å². The Morgan fingerprint density at radius 1 is 1.24 bits per heavy atom. The Labute approximate surface area is 126 Å². The second-order valence-corrected chi connectivity index (χ2v) is 5.55. The number of nitrogens with two attached hydrogens (primary N) is 1. The Bertz CT molecular complexity index is 452. The van der Waals surface area contributed by atoms with Crippen LogP contribution in [-0.2, 0) is 0 Å². The van der Waals surface area contributed by atoms with Crippen LogP contribution in [0.2, 0.25) is 0 Å². The molecule has 4 N–H and O–H groups in total. The molecule has 1 fully saturated rings. The van der Waals surface area contributed by atoms with Crippen LogP contribution in [0.15, 0.2) is 29.3 Å². The van der Waals surface area contributed by atoms with Crippen LogP contribution in [0.5, 0.6) is 5.75 Å². The van der Waals surface area contributed by atoms with Gasteiger partial charge in [-0.05, 0) is 37.5 Å². The average Bonchev–Trinajstić information content (AvgIpc) is 2.55. The molecule has 0 spiro atoms. The fourth-order valence-electron chi connectivity index (χ4n) is 2.69. The van der Waals surface area contributed by atoms with Gasteiger partial charge in [-0.2, -0.15) is 0 Å². The van der Waals surface area contributed by atoms with Gasteiger partial charge in [0.25, 0.3) is 0 Å². The lowest BCUT2D eigenvalue weighted by Gasteiger charge is -2.22. The van der Waals surface area contributed by atoms with Gasteiger partial charge in [-0.3, -0.25) is 5.43 Å². The summed E-state index contributed by atoms with van der Waals surface area (Å²) in [6.07, 6.45) is 6.17. The van der Waals surface area contributed by atoms with E-state index in [1.807, 2.05) is 24.3 Å². The molecule has 1 aromatic rings. The van der Waals surface area contributed by atoms with Crippen LogP contribution in [0, 0.1) is 0 Å². The van der Waals surface area contributed by atoms with Crippen molar-refractivity contribution in [2.75, 3.05) is 7.11 Å². The first kappa shape index (κ1) is 15.6. The van der Waals surface area contributed by atoms with Gasteiger partial charge < -0.3 is 10.1 Å². The van der Waals surface area contributed by atoms with Crippen molar-refractivity contribution in [1.29, 1.82) is 0 Å². The predicted molar refractivity (Wildman–Crippen MR) is 86.2 cm³/mol. The van der Waals surface area contributed by atoms with Crippen LogP contribution in [0.25, 0.3) is 0 Å². The van der Waals surface area contributed by atoms with Crippen LogP contribution in [0.3, 0.4) is 0 Å². The van der Waals surface area contributed by atoms with Crippen molar-refractivity contribution in [3.05, 3.63) is 29.8 Å². The van der Waals surface area contributed by atoms with Gasteiger partial charge in [0.15, 0.2) is 0 Å². The molecular weight excluding hydrogens is 264 g/mol. The van der Waals surface area contributed by atoms with E-state index in [1.165, 1.54) is 24.8 Å². The number of benzene rings is 1. The molecule has 0 aliphatic heterocycles. The minimum Gasteiger partial charge on any atom is -0.497 e. The second kappa shape index (κ2) is 7.88. The Morgan fingerprint density at radius 3 is 2.48 bits per heavy atom. The zero-order valence-electron chi connectivity index (χ0n) is 12.9. The van der Waals surface area contributed by atoms with Crippen molar-refractivity contribution < 1.29 is 4.74 Å². The van der Waals surface area contributed by atoms with E-state index in [4.69, 9.17) is 15.6 Å². The van der Waals surface area contributed by atoms with E-state index in [9.17, 15) is 0 Å². The minimum atomic E-state index is 0.134. The Hall–Kier alpha value is -1.75.